The number of rotatable bonds is 8. The van der Waals surface area contributed by atoms with Crippen molar-refractivity contribution >= 4 is 17.6 Å². The fourth-order valence-corrected chi connectivity index (χ4v) is 4.66. The van der Waals surface area contributed by atoms with Crippen LogP contribution in [0.4, 0.5) is 35.1 Å². The number of aromatic nitrogens is 5. The molecule has 0 radical (unpaired) electrons. The summed E-state index contributed by atoms with van der Waals surface area (Å²) in [7, 11) is 0. The van der Waals surface area contributed by atoms with Gasteiger partial charge in [-0.25, -0.2) is 19.3 Å². The van der Waals surface area contributed by atoms with Crippen molar-refractivity contribution in [3.63, 3.8) is 0 Å². The molecule has 4 aromatic rings. The van der Waals surface area contributed by atoms with E-state index < -0.39 is 23.6 Å². The van der Waals surface area contributed by atoms with Crippen LogP contribution in [0.15, 0.2) is 47.4 Å². The third-order valence-corrected chi connectivity index (χ3v) is 6.94. The molecule has 3 N–H and O–H groups in total. The van der Waals surface area contributed by atoms with Gasteiger partial charge in [-0.3, -0.25) is 0 Å². The smallest absolute Gasteiger partial charge is 0.373 e. The highest BCUT2D eigenvalue weighted by atomic mass is 19.4. The molecule has 0 bridgehead atoms. The summed E-state index contributed by atoms with van der Waals surface area (Å²) in [5, 5.41) is 19.5. The summed E-state index contributed by atoms with van der Waals surface area (Å²) in [5.41, 5.74) is -0.659. The van der Waals surface area contributed by atoms with E-state index in [1.54, 1.807) is 18.5 Å². The number of alkyl halides is 3. The number of halogens is 4. The first-order valence-corrected chi connectivity index (χ1v) is 12.1. The third-order valence-electron chi connectivity index (χ3n) is 6.94. The van der Waals surface area contributed by atoms with E-state index >= 15 is 0 Å². The van der Waals surface area contributed by atoms with Gasteiger partial charge in [0.25, 0.3) is 0 Å². The van der Waals surface area contributed by atoms with Crippen LogP contribution in [0.3, 0.4) is 0 Å². The second kappa shape index (κ2) is 9.08. The van der Waals surface area contributed by atoms with E-state index in [2.05, 4.69) is 35.3 Å². The van der Waals surface area contributed by atoms with E-state index in [-0.39, 0.29) is 36.4 Å². The van der Waals surface area contributed by atoms with Gasteiger partial charge in [0.1, 0.15) is 23.3 Å². The van der Waals surface area contributed by atoms with Crippen molar-refractivity contribution < 1.29 is 27.2 Å². The van der Waals surface area contributed by atoms with Gasteiger partial charge in [0.15, 0.2) is 17.4 Å². The zero-order valence-electron chi connectivity index (χ0n) is 20.0. The Morgan fingerprint density at radius 3 is 2.58 bits per heavy atom. The van der Waals surface area contributed by atoms with E-state index in [1.807, 2.05) is 6.20 Å². The Kier molecular flexibility index (Phi) is 5.82. The van der Waals surface area contributed by atoms with Gasteiger partial charge in [0.05, 0.1) is 0 Å². The molecule has 1 atom stereocenters. The molecule has 6 rings (SSSR count). The molecular weight excluding hydrogens is 506 g/mol. The summed E-state index contributed by atoms with van der Waals surface area (Å²) in [4.78, 5) is 13.1. The summed E-state index contributed by atoms with van der Waals surface area (Å²) in [6.45, 7) is 0.947. The molecule has 2 aliphatic rings. The quantitative estimate of drug-likeness (QED) is 0.222. The van der Waals surface area contributed by atoms with Gasteiger partial charge in [-0.2, -0.15) is 13.2 Å². The topological polar surface area (TPSA) is 114 Å². The number of imidazole rings is 1. The van der Waals surface area contributed by atoms with E-state index in [9.17, 15) is 22.7 Å². The monoisotopic (exact) mass is 529 g/mol. The van der Waals surface area contributed by atoms with Crippen LogP contribution in [-0.2, 0) is 24.8 Å². The number of nitrogens with zero attached hydrogens (tertiary/aromatic N) is 5. The fourth-order valence-electron chi connectivity index (χ4n) is 4.66. The van der Waals surface area contributed by atoms with Crippen molar-refractivity contribution in [3.8, 4) is 11.1 Å². The van der Waals surface area contributed by atoms with E-state index in [0.717, 1.165) is 31.3 Å². The van der Waals surface area contributed by atoms with E-state index in [0.29, 0.717) is 22.9 Å². The lowest BCUT2D eigenvalue weighted by Gasteiger charge is -2.15. The lowest BCUT2D eigenvalue weighted by atomic mass is 10.0. The van der Waals surface area contributed by atoms with Gasteiger partial charge in [0, 0.05) is 49.6 Å². The van der Waals surface area contributed by atoms with Gasteiger partial charge in [-0.05, 0) is 36.5 Å². The molecule has 1 saturated carbocycles. The Hall–Kier alpha value is -4.00. The molecule has 198 valence electrons. The van der Waals surface area contributed by atoms with Gasteiger partial charge in [-0.1, -0.05) is 17.3 Å². The first-order chi connectivity index (χ1) is 18.2. The average Bonchev–Trinajstić information content (AvgIpc) is 3.16. The van der Waals surface area contributed by atoms with Crippen LogP contribution in [0.5, 0.6) is 0 Å². The highest BCUT2D eigenvalue weighted by Gasteiger charge is 2.66. The lowest BCUT2D eigenvalue weighted by Crippen LogP contribution is -2.28. The predicted molar refractivity (Wildman–Crippen MR) is 128 cm³/mol. The van der Waals surface area contributed by atoms with Crippen molar-refractivity contribution in [1.29, 1.82) is 0 Å². The van der Waals surface area contributed by atoms with Crippen LogP contribution in [0.25, 0.3) is 11.1 Å². The molecule has 0 spiro atoms. The second-order valence-electron chi connectivity index (χ2n) is 9.59. The maximum Gasteiger partial charge on any atom is 0.401 e. The zero-order valence-corrected chi connectivity index (χ0v) is 20.0. The van der Waals surface area contributed by atoms with Crippen molar-refractivity contribution in [2.75, 3.05) is 10.6 Å². The Balaban J connectivity index is 1.08. The summed E-state index contributed by atoms with van der Waals surface area (Å²) in [5.74, 6) is 1.16. The summed E-state index contributed by atoms with van der Waals surface area (Å²) >= 11 is 0. The maximum absolute atomic E-state index is 14.8. The van der Waals surface area contributed by atoms with Crippen LogP contribution in [0.2, 0.25) is 0 Å². The van der Waals surface area contributed by atoms with Crippen molar-refractivity contribution in [1.82, 2.24) is 24.7 Å². The Morgan fingerprint density at radius 1 is 1.11 bits per heavy atom. The van der Waals surface area contributed by atoms with Gasteiger partial charge >= 0.3 is 6.18 Å². The number of benzene rings is 1. The number of nitrogens with one attached hydrogen (secondary N) is 2. The first-order valence-electron chi connectivity index (χ1n) is 12.1. The molecule has 3 aromatic heterocycles. The SMILES string of the molecule is OC(Cc1ccc(-c2cnc(Nc3cn4c(n3)CCC4)nc2)cc1F)Nc1cc(C2(C(F)(F)F)CC2)on1. The van der Waals surface area contributed by atoms with Crippen LogP contribution >= 0.6 is 0 Å². The minimum atomic E-state index is -4.44. The Bertz CT molecular complexity index is 1440. The molecule has 9 nitrogen and oxygen atoms in total. The molecule has 4 heterocycles. The molecule has 1 aliphatic heterocycles. The Morgan fingerprint density at radius 2 is 1.89 bits per heavy atom. The zero-order chi connectivity index (χ0) is 26.5. The number of aliphatic hydroxyl groups excluding tert-OH is 1. The van der Waals surface area contributed by atoms with Crippen molar-refractivity contribution in [3.05, 3.63) is 65.8 Å². The van der Waals surface area contributed by atoms with E-state index in [4.69, 9.17) is 4.52 Å². The average molecular weight is 529 g/mol. The number of hydrogen-bond donors (Lipinski definition) is 3. The molecule has 0 saturated heterocycles. The predicted octanol–water partition coefficient (Wildman–Crippen LogP) is 4.72. The van der Waals surface area contributed by atoms with Crippen LogP contribution in [0, 0.1) is 5.82 Å². The number of aliphatic hydroxyl groups is 1. The largest absolute Gasteiger partial charge is 0.401 e. The number of anilines is 3. The summed E-state index contributed by atoms with van der Waals surface area (Å²) in [6, 6.07) is 5.63. The second-order valence-corrected chi connectivity index (χ2v) is 9.59. The number of aryl methyl sites for hydroxylation is 2. The Labute approximate surface area is 213 Å². The summed E-state index contributed by atoms with van der Waals surface area (Å²) < 4.78 is 61.6. The van der Waals surface area contributed by atoms with Crippen LogP contribution in [-0.4, -0.2) is 42.2 Å². The minimum Gasteiger partial charge on any atom is -0.373 e. The molecule has 38 heavy (non-hydrogen) atoms. The number of hydrogen-bond acceptors (Lipinski definition) is 8. The molecular formula is C25H23F4N7O2. The standard InChI is InChI=1S/C25H23F4N7O2/c26-17-8-14(16-11-30-23(31-12-16)34-20-13-36-7-1-2-21(36)32-20)3-4-15(17)9-22(37)33-19-10-18(38-35-19)24(5-6-24)25(27,28)29/h3-4,8,10-13,22,37H,1-2,5-7,9H2,(H,33,35)(H,30,31,34). The molecule has 13 heteroatoms. The highest BCUT2D eigenvalue weighted by Crippen LogP contribution is 2.59. The van der Waals surface area contributed by atoms with Gasteiger partial charge < -0.3 is 24.8 Å². The molecule has 1 aromatic carbocycles. The van der Waals surface area contributed by atoms with Crippen molar-refractivity contribution in [2.45, 2.75) is 56.5 Å². The summed E-state index contributed by atoms with van der Waals surface area (Å²) in [6.07, 6.45) is 1.08. The van der Waals surface area contributed by atoms with Crippen LogP contribution in [0.1, 0.15) is 36.4 Å². The van der Waals surface area contributed by atoms with E-state index in [1.165, 1.54) is 12.1 Å². The maximum atomic E-state index is 14.8. The highest BCUT2D eigenvalue weighted by molar-refractivity contribution is 5.63. The minimum absolute atomic E-state index is 0.0499. The lowest BCUT2D eigenvalue weighted by molar-refractivity contribution is -0.165. The number of fused-ring (bicyclic) bond motifs is 1. The fraction of sp³-hybridized carbons (Fsp3) is 0.360. The van der Waals surface area contributed by atoms with Gasteiger partial charge in [0.2, 0.25) is 5.95 Å². The van der Waals surface area contributed by atoms with Gasteiger partial charge in [-0.15, -0.1) is 0 Å². The third kappa shape index (κ3) is 4.57. The normalized spacial score (nSPS) is 16.8. The molecule has 1 aliphatic carbocycles. The van der Waals surface area contributed by atoms with Crippen molar-refractivity contribution in [2.24, 2.45) is 0 Å². The first kappa shape index (κ1) is 24.3. The van der Waals surface area contributed by atoms with Crippen LogP contribution < -0.4 is 10.6 Å². The molecule has 0 amide bonds. The molecule has 1 fully saturated rings. The molecule has 1 unspecified atom stereocenters.